The van der Waals surface area contributed by atoms with Gasteiger partial charge in [0.05, 0.1) is 10.4 Å². The Morgan fingerprint density at radius 2 is 2.00 bits per heavy atom. The van der Waals surface area contributed by atoms with Crippen LogP contribution in [0.1, 0.15) is 5.69 Å². The Kier molecular flexibility index (Phi) is 4.74. The van der Waals surface area contributed by atoms with Crippen molar-refractivity contribution in [1.82, 2.24) is 14.8 Å². The van der Waals surface area contributed by atoms with Gasteiger partial charge in [-0.1, -0.05) is 17.4 Å². The number of anilines is 1. The van der Waals surface area contributed by atoms with Crippen LogP contribution >= 0.6 is 11.3 Å². The molecule has 0 aliphatic carbocycles. The number of benzene rings is 2. The van der Waals surface area contributed by atoms with E-state index in [4.69, 9.17) is 4.74 Å². The number of aryl methyl sites for hydroxylation is 1. The number of para-hydroxylation sites is 1. The van der Waals surface area contributed by atoms with Crippen LogP contribution in [0.25, 0.3) is 15.3 Å². The molecule has 4 rings (SSSR count). The summed E-state index contributed by atoms with van der Waals surface area (Å²) in [5, 5.41) is 7.47. The molecule has 28 heavy (non-hydrogen) atoms. The number of nitrogens with zero attached hydrogens (tertiary/aromatic N) is 3. The van der Waals surface area contributed by atoms with Crippen LogP contribution in [-0.4, -0.2) is 27.3 Å². The van der Waals surface area contributed by atoms with Gasteiger partial charge in [0.25, 0.3) is 5.91 Å². The van der Waals surface area contributed by atoms with Crippen LogP contribution in [0.15, 0.2) is 48.5 Å². The number of ether oxygens (including phenoxy) is 1. The molecule has 2 heterocycles. The summed E-state index contributed by atoms with van der Waals surface area (Å²) in [6, 6.07) is 11.8. The standard InChI is InChI=1S/C19H14F2N4O2S/c1-11-9-16(22-17(26)10-27-13-7-5-12(20)6-8-13)25(24-11)19-23-18-14(21)3-2-4-15(18)28-19/h2-9H,10H2,1H3,(H,22,26). The quantitative estimate of drug-likeness (QED) is 0.548. The maximum Gasteiger partial charge on any atom is 0.263 e. The Labute approximate surface area is 162 Å². The molecule has 6 nitrogen and oxygen atoms in total. The lowest BCUT2D eigenvalue weighted by Gasteiger charge is -2.08. The fourth-order valence-electron chi connectivity index (χ4n) is 2.59. The van der Waals surface area contributed by atoms with Crippen molar-refractivity contribution in [2.24, 2.45) is 0 Å². The Morgan fingerprint density at radius 3 is 2.75 bits per heavy atom. The Hall–Kier alpha value is -3.33. The van der Waals surface area contributed by atoms with Crippen LogP contribution in [0.2, 0.25) is 0 Å². The Morgan fingerprint density at radius 1 is 1.21 bits per heavy atom. The van der Waals surface area contributed by atoms with E-state index >= 15 is 0 Å². The SMILES string of the molecule is Cc1cc(NC(=O)COc2ccc(F)cc2)n(-c2nc3c(F)cccc3s2)n1. The molecule has 9 heteroatoms. The first-order valence-corrected chi connectivity index (χ1v) is 9.11. The van der Waals surface area contributed by atoms with E-state index in [9.17, 15) is 13.6 Å². The first kappa shape index (κ1) is 18.1. The van der Waals surface area contributed by atoms with Gasteiger partial charge in [-0.15, -0.1) is 0 Å². The number of thiazole rings is 1. The van der Waals surface area contributed by atoms with Crippen LogP contribution in [0.4, 0.5) is 14.6 Å². The minimum Gasteiger partial charge on any atom is -0.484 e. The van der Waals surface area contributed by atoms with E-state index < -0.39 is 11.7 Å². The molecule has 2 aromatic carbocycles. The van der Waals surface area contributed by atoms with Gasteiger partial charge >= 0.3 is 0 Å². The third-order valence-corrected chi connectivity index (χ3v) is 4.82. The van der Waals surface area contributed by atoms with E-state index in [2.05, 4.69) is 15.4 Å². The second-order valence-electron chi connectivity index (χ2n) is 5.96. The number of halogens is 2. The molecule has 0 saturated heterocycles. The maximum atomic E-state index is 13.9. The van der Waals surface area contributed by atoms with Gasteiger partial charge in [0.15, 0.2) is 6.61 Å². The van der Waals surface area contributed by atoms with Crippen molar-refractivity contribution in [2.45, 2.75) is 6.92 Å². The summed E-state index contributed by atoms with van der Waals surface area (Å²) in [4.78, 5) is 16.5. The fourth-order valence-corrected chi connectivity index (χ4v) is 3.53. The Bertz CT molecular complexity index is 1150. The number of aromatic nitrogens is 3. The molecular formula is C19H14F2N4O2S. The zero-order valence-corrected chi connectivity index (χ0v) is 15.5. The zero-order valence-electron chi connectivity index (χ0n) is 14.6. The average molecular weight is 400 g/mol. The first-order chi connectivity index (χ1) is 13.5. The van der Waals surface area contributed by atoms with Gasteiger partial charge in [0.1, 0.15) is 28.7 Å². The van der Waals surface area contributed by atoms with E-state index in [0.717, 1.165) is 0 Å². The smallest absolute Gasteiger partial charge is 0.263 e. The van der Waals surface area contributed by atoms with Crippen LogP contribution in [0.5, 0.6) is 5.75 Å². The molecule has 0 saturated carbocycles. The number of carbonyl (C=O) groups is 1. The van der Waals surface area contributed by atoms with Crippen molar-refractivity contribution in [2.75, 3.05) is 11.9 Å². The molecule has 0 bridgehead atoms. The van der Waals surface area contributed by atoms with Crippen LogP contribution < -0.4 is 10.1 Å². The number of hydrogen-bond donors (Lipinski definition) is 1. The third kappa shape index (κ3) is 3.70. The second-order valence-corrected chi connectivity index (χ2v) is 6.97. The number of carbonyl (C=O) groups excluding carboxylic acids is 1. The van der Waals surface area contributed by atoms with Crippen molar-refractivity contribution in [3.05, 3.63) is 65.9 Å². The number of hydrogen-bond acceptors (Lipinski definition) is 5. The lowest BCUT2D eigenvalue weighted by atomic mass is 10.3. The van der Waals surface area contributed by atoms with E-state index in [1.165, 1.54) is 46.4 Å². The molecule has 1 amide bonds. The minimum absolute atomic E-state index is 0.257. The lowest BCUT2D eigenvalue weighted by molar-refractivity contribution is -0.118. The van der Waals surface area contributed by atoms with E-state index in [0.29, 0.717) is 27.1 Å². The third-order valence-electron chi connectivity index (χ3n) is 3.82. The fraction of sp³-hybridized carbons (Fsp3) is 0.105. The number of nitrogens with one attached hydrogen (secondary N) is 1. The first-order valence-electron chi connectivity index (χ1n) is 8.30. The highest BCUT2D eigenvalue weighted by Gasteiger charge is 2.16. The molecule has 4 aromatic rings. The largest absolute Gasteiger partial charge is 0.484 e. The minimum atomic E-state index is -0.419. The molecule has 0 aliphatic heterocycles. The van der Waals surface area contributed by atoms with Gasteiger partial charge in [-0.05, 0) is 43.3 Å². The van der Waals surface area contributed by atoms with Crippen LogP contribution in [0, 0.1) is 18.6 Å². The van der Waals surface area contributed by atoms with Crippen LogP contribution in [-0.2, 0) is 4.79 Å². The molecule has 0 fully saturated rings. The molecule has 0 unspecified atom stereocenters. The lowest BCUT2D eigenvalue weighted by Crippen LogP contribution is -2.21. The van der Waals surface area contributed by atoms with E-state index in [1.807, 2.05) is 0 Å². The van der Waals surface area contributed by atoms with Crippen molar-refractivity contribution in [1.29, 1.82) is 0 Å². The molecule has 1 N–H and O–H groups in total. The average Bonchev–Trinajstić information content (AvgIpc) is 3.25. The van der Waals surface area contributed by atoms with Gasteiger partial charge < -0.3 is 10.1 Å². The summed E-state index contributed by atoms with van der Waals surface area (Å²) in [5.41, 5.74) is 0.919. The molecular weight excluding hydrogens is 386 g/mol. The van der Waals surface area contributed by atoms with E-state index in [1.54, 1.807) is 25.1 Å². The van der Waals surface area contributed by atoms with Gasteiger partial charge in [-0.25, -0.2) is 13.8 Å². The van der Waals surface area contributed by atoms with Crippen molar-refractivity contribution in [3.8, 4) is 10.9 Å². The number of amides is 1. The van der Waals surface area contributed by atoms with Gasteiger partial charge in [0.2, 0.25) is 5.13 Å². The summed E-state index contributed by atoms with van der Waals surface area (Å²) in [6.45, 7) is 1.51. The Balaban J connectivity index is 1.53. The second kappa shape index (κ2) is 7.35. The predicted octanol–water partition coefficient (Wildman–Crippen LogP) is 4.09. The summed E-state index contributed by atoms with van der Waals surface area (Å²) in [6.07, 6.45) is 0. The topological polar surface area (TPSA) is 69.0 Å². The van der Waals surface area contributed by atoms with E-state index in [-0.39, 0.29) is 17.9 Å². The summed E-state index contributed by atoms with van der Waals surface area (Å²) < 4.78 is 34.3. The molecule has 0 radical (unpaired) electrons. The summed E-state index contributed by atoms with van der Waals surface area (Å²) in [7, 11) is 0. The molecule has 2 aromatic heterocycles. The highest BCUT2D eigenvalue weighted by atomic mass is 32.1. The predicted molar refractivity (Wildman–Crippen MR) is 102 cm³/mol. The number of rotatable bonds is 5. The molecule has 0 aliphatic rings. The molecule has 142 valence electrons. The summed E-state index contributed by atoms with van der Waals surface area (Å²) in [5.74, 6) is -0.448. The van der Waals surface area contributed by atoms with Gasteiger partial charge in [-0.2, -0.15) is 9.78 Å². The highest BCUT2D eigenvalue weighted by Crippen LogP contribution is 2.28. The molecule has 0 spiro atoms. The van der Waals surface area contributed by atoms with Crippen molar-refractivity contribution >= 4 is 33.3 Å². The zero-order chi connectivity index (χ0) is 19.7. The molecule has 0 atom stereocenters. The van der Waals surface area contributed by atoms with Gasteiger partial charge in [-0.3, -0.25) is 4.79 Å². The van der Waals surface area contributed by atoms with Crippen molar-refractivity contribution < 1.29 is 18.3 Å². The monoisotopic (exact) mass is 400 g/mol. The van der Waals surface area contributed by atoms with Crippen LogP contribution in [0.3, 0.4) is 0 Å². The summed E-state index contributed by atoms with van der Waals surface area (Å²) >= 11 is 1.26. The van der Waals surface area contributed by atoms with Gasteiger partial charge in [0, 0.05) is 6.07 Å². The number of fused-ring (bicyclic) bond motifs is 1. The normalized spacial score (nSPS) is 11.0. The highest BCUT2D eigenvalue weighted by molar-refractivity contribution is 7.20. The maximum absolute atomic E-state index is 13.9. The van der Waals surface area contributed by atoms with Crippen molar-refractivity contribution in [3.63, 3.8) is 0 Å².